The van der Waals surface area contributed by atoms with Gasteiger partial charge in [-0.3, -0.25) is 9.55 Å². The highest BCUT2D eigenvalue weighted by atomic mass is 31.2. The van der Waals surface area contributed by atoms with E-state index in [-0.39, 0.29) is 36.6 Å². The molecule has 160 valence electrons. The normalized spacial score (nSPS) is 12.4. The van der Waals surface area contributed by atoms with Crippen LogP contribution in [0.3, 0.4) is 0 Å². The summed E-state index contributed by atoms with van der Waals surface area (Å²) in [4.78, 5) is 4.16. The second-order valence-corrected chi connectivity index (χ2v) is 8.39. The summed E-state index contributed by atoms with van der Waals surface area (Å²) in [6.07, 6.45) is 3.47. The molecule has 1 unspecified atom stereocenters. The predicted octanol–water partition coefficient (Wildman–Crippen LogP) is 4.53. The Kier molecular flexibility index (Phi) is 8.32. The Morgan fingerprint density at radius 2 is 1.72 bits per heavy atom. The Bertz CT molecular complexity index is 826. The third kappa shape index (κ3) is 5.85. The van der Waals surface area contributed by atoms with Gasteiger partial charge >= 0.3 is 7.60 Å². The molecule has 0 bridgehead atoms. The van der Waals surface area contributed by atoms with E-state index in [0.717, 1.165) is 11.3 Å². The summed E-state index contributed by atoms with van der Waals surface area (Å²) >= 11 is 0. The largest absolute Gasteiger partial charge is 0.502 e. The van der Waals surface area contributed by atoms with Crippen molar-refractivity contribution in [2.75, 3.05) is 38.9 Å². The molecule has 29 heavy (non-hydrogen) atoms. The average Bonchev–Trinajstić information content (AvgIpc) is 2.69. The molecule has 2 aromatic rings. The van der Waals surface area contributed by atoms with Gasteiger partial charge in [0.2, 0.25) is 5.75 Å². The molecule has 2 N–H and O–H groups in total. The maximum atomic E-state index is 13.2. The highest BCUT2D eigenvalue weighted by Crippen LogP contribution is 2.52. The number of hydrogen-bond acceptors (Lipinski definition) is 8. The minimum Gasteiger partial charge on any atom is -0.502 e. The van der Waals surface area contributed by atoms with Gasteiger partial charge < -0.3 is 28.9 Å². The first-order valence-corrected chi connectivity index (χ1v) is 11.1. The predicted molar refractivity (Wildman–Crippen MR) is 112 cm³/mol. The average molecular weight is 424 g/mol. The second-order valence-electron chi connectivity index (χ2n) is 6.29. The molecule has 0 radical (unpaired) electrons. The molecule has 0 amide bonds. The SMILES string of the molecule is CCOP(=O)(CC(Nc1cnccc1C)c1cc(OC)c(O)c(OC)c1)OCC. The third-order valence-electron chi connectivity index (χ3n) is 4.33. The number of aryl methyl sites for hydroxylation is 1. The van der Waals surface area contributed by atoms with Gasteiger partial charge in [-0.1, -0.05) is 0 Å². The van der Waals surface area contributed by atoms with Crippen molar-refractivity contribution in [1.29, 1.82) is 0 Å². The fraction of sp³-hybridized carbons (Fsp3) is 0.450. The van der Waals surface area contributed by atoms with E-state index < -0.39 is 13.6 Å². The topological polar surface area (TPSA) is 99.1 Å². The molecule has 0 saturated heterocycles. The molecule has 0 spiro atoms. The van der Waals surface area contributed by atoms with Crippen molar-refractivity contribution in [2.24, 2.45) is 0 Å². The Hall–Kier alpha value is -2.28. The Morgan fingerprint density at radius 3 is 2.21 bits per heavy atom. The van der Waals surface area contributed by atoms with Crippen LogP contribution < -0.4 is 14.8 Å². The summed E-state index contributed by atoms with van der Waals surface area (Å²) in [5.74, 6) is 0.390. The van der Waals surface area contributed by atoms with Crippen LogP contribution in [-0.4, -0.2) is 43.7 Å². The van der Waals surface area contributed by atoms with E-state index in [1.165, 1.54) is 14.2 Å². The molecular weight excluding hydrogens is 395 g/mol. The van der Waals surface area contributed by atoms with E-state index >= 15 is 0 Å². The molecule has 1 aromatic heterocycles. The number of ether oxygens (including phenoxy) is 2. The number of methoxy groups -OCH3 is 2. The van der Waals surface area contributed by atoms with Crippen LogP contribution in [0, 0.1) is 6.92 Å². The minimum atomic E-state index is -3.38. The molecule has 8 nitrogen and oxygen atoms in total. The number of hydrogen-bond donors (Lipinski definition) is 2. The highest BCUT2D eigenvalue weighted by Gasteiger charge is 2.31. The number of pyridine rings is 1. The first kappa shape index (κ1) is 23.0. The standard InChI is InChI=1S/C20H29N2O6P/c1-6-27-29(24,28-7-2)13-17(22-16-12-21-9-8-14(16)3)15-10-18(25-4)20(23)19(11-15)26-5/h8-12,17,22-23H,6-7,13H2,1-5H3. The van der Waals surface area contributed by atoms with Crippen molar-refractivity contribution < 1.29 is 28.2 Å². The van der Waals surface area contributed by atoms with Crippen LogP contribution in [0.25, 0.3) is 0 Å². The number of phenolic OH excluding ortho intramolecular Hbond substituents is 1. The molecule has 0 saturated carbocycles. The van der Waals surface area contributed by atoms with E-state index in [2.05, 4.69) is 10.3 Å². The van der Waals surface area contributed by atoms with Crippen molar-refractivity contribution in [1.82, 2.24) is 4.98 Å². The summed E-state index contributed by atoms with van der Waals surface area (Å²) in [5.41, 5.74) is 2.45. The van der Waals surface area contributed by atoms with Crippen LogP contribution in [0.2, 0.25) is 0 Å². The number of nitrogens with zero attached hydrogens (tertiary/aromatic N) is 1. The molecule has 0 aliphatic carbocycles. The van der Waals surface area contributed by atoms with Gasteiger partial charge in [-0.15, -0.1) is 0 Å². The molecule has 9 heteroatoms. The van der Waals surface area contributed by atoms with E-state index in [0.29, 0.717) is 5.56 Å². The van der Waals surface area contributed by atoms with Crippen molar-refractivity contribution in [3.63, 3.8) is 0 Å². The van der Waals surface area contributed by atoms with E-state index in [1.807, 2.05) is 13.0 Å². The Morgan fingerprint density at radius 1 is 1.14 bits per heavy atom. The fourth-order valence-corrected chi connectivity index (χ4v) is 4.73. The van der Waals surface area contributed by atoms with Gasteiger partial charge in [-0.2, -0.15) is 0 Å². The maximum Gasteiger partial charge on any atom is 0.333 e. The quantitative estimate of drug-likeness (QED) is 0.508. The zero-order chi connectivity index (χ0) is 21.4. The van der Waals surface area contributed by atoms with E-state index in [1.54, 1.807) is 38.4 Å². The molecule has 1 heterocycles. The van der Waals surface area contributed by atoms with Crippen molar-refractivity contribution in [3.8, 4) is 17.2 Å². The molecule has 1 atom stereocenters. The molecule has 0 fully saturated rings. The van der Waals surface area contributed by atoms with Gasteiger partial charge in [0.25, 0.3) is 0 Å². The fourth-order valence-electron chi connectivity index (χ4n) is 2.91. The number of benzene rings is 1. The van der Waals surface area contributed by atoms with Crippen molar-refractivity contribution in [2.45, 2.75) is 26.8 Å². The van der Waals surface area contributed by atoms with Crippen molar-refractivity contribution >= 4 is 13.3 Å². The summed E-state index contributed by atoms with van der Waals surface area (Å²) in [7, 11) is -0.468. The van der Waals surface area contributed by atoms with Crippen LogP contribution in [0.5, 0.6) is 17.2 Å². The number of aromatic nitrogens is 1. The van der Waals surface area contributed by atoms with Gasteiger partial charge in [-0.25, -0.2) is 0 Å². The summed E-state index contributed by atoms with van der Waals surface area (Å²) in [6, 6.07) is 4.74. The number of anilines is 1. The first-order valence-electron chi connectivity index (χ1n) is 9.37. The van der Waals surface area contributed by atoms with Gasteiger partial charge in [0.1, 0.15) is 0 Å². The highest BCUT2D eigenvalue weighted by molar-refractivity contribution is 7.53. The molecule has 0 aliphatic heterocycles. The summed E-state index contributed by atoms with van der Waals surface area (Å²) in [6.45, 7) is 6.01. The number of phenols is 1. The van der Waals surface area contributed by atoms with Crippen LogP contribution in [-0.2, 0) is 13.6 Å². The first-order chi connectivity index (χ1) is 13.9. The van der Waals surface area contributed by atoms with Gasteiger partial charge in [0.15, 0.2) is 11.5 Å². The summed E-state index contributed by atoms with van der Waals surface area (Å²) in [5, 5.41) is 13.6. The molecular formula is C20H29N2O6P. The molecule has 2 rings (SSSR count). The zero-order valence-electron chi connectivity index (χ0n) is 17.5. The second kappa shape index (κ2) is 10.5. The van der Waals surface area contributed by atoms with Crippen LogP contribution in [0.1, 0.15) is 31.0 Å². The lowest BCUT2D eigenvalue weighted by molar-refractivity contribution is 0.219. The van der Waals surface area contributed by atoms with Gasteiger partial charge in [-0.05, 0) is 50.1 Å². The lowest BCUT2D eigenvalue weighted by atomic mass is 10.1. The number of aromatic hydroxyl groups is 1. The lowest BCUT2D eigenvalue weighted by Gasteiger charge is -2.26. The minimum absolute atomic E-state index is 0.0695. The number of nitrogens with one attached hydrogen (secondary N) is 1. The van der Waals surface area contributed by atoms with E-state index in [4.69, 9.17) is 18.5 Å². The third-order valence-corrected chi connectivity index (χ3v) is 6.45. The van der Waals surface area contributed by atoms with Crippen LogP contribution in [0.4, 0.5) is 5.69 Å². The Labute approximate surface area is 171 Å². The van der Waals surface area contributed by atoms with Gasteiger partial charge in [0.05, 0.1) is 51.5 Å². The van der Waals surface area contributed by atoms with Gasteiger partial charge in [0, 0.05) is 6.20 Å². The van der Waals surface area contributed by atoms with Crippen molar-refractivity contribution in [3.05, 3.63) is 41.7 Å². The smallest absolute Gasteiger partial charge is 0.333 e. The Balaban J connectivity index is 2.52. The van der Waals surface area contributed by atoms with Crippen LogP contribution in [0.15, 0.2) is 30.6 Å². The maximum absolute atomic E-state index is 13.2. The molecule has 1 aromatic carbocycles. The van der Waals surface area contributed by atoms with E-state index in [9.17, 15) is 9.67 Å². The zero-order valence-corrected chi connectivity index (χ0v) is 18.4. The number of rotatable bonds is 11. The van der Waals surface area contributed by atoms with Crippen LogP contribution >= 0.6 is 7.60 Å². The lowest BCUT2D eigenvalue weighted by Crippen LogP contribution is -2.18. The molecule has 0 aliphatic rings. The monoisotopic (exact) mass is 424 g/mol. The summed E-state index contributed by atoms with van der Waals surface area (Å²) < 4.78 is 34.8.